The minimum Gasteiger partial charge on any atom is -0.392 e. The van der Waals surface area contributed by atoms with Crippen molar-refractivity contribution in [3.63, 3.8) is 0 Å². The number of carbonyl (C=O) groups is 4. The number of amides is 4. The average molecular weight is 480 g/mol. The number of benzene rings is 2. The van der Waals surface area contributed by atoms with Crippen LogP contribution in [0.4, 0.5) is 0 Å². The van der Waals surface area contributed by atoms with Gasteiger partial charge in [0, 0.05) is 12.8 Å². The van der Waals surface area contributed by atoms with Gasteiger partial charge in [0.25, 0.3) is 5.91 Å². The van der Waals surface area contributed by atoms with Gasteiger partial charge in [0.15, 0.2) is 0 Å². The maximum atomic E-state index is 13.9. The quantitative estimate of drug-likeness (QED) is 0.558. The molecule has 1 saturated heterocycles. The van der Waals surface area contributed by atoms with Crippen molar-refractivity contribution in [3.8, 4) is 0 Å². The molecule has 186 valence electrons. The molecule has 0 spiro atoms. The number of nitrogens with zero attached hydrogens (tertiary/aromatic N) is 1. The largest absolute Gasteiger partial charge is 0.392 e. The monoisotopic (exact) mass is 479 g/mol. The molecular weight excluding hydrogens is 446 g/mol. The highest BCUT2D eigenvalue weighted by molar-refractivity contribution is 6.05. The maximum absolute atomic E-state index is 13.9. The molecule has 0 radical (unpaired) electrons. The van der Waals surface area contributed by atoms with E-state index in [-0.39, 0.29) is 25.2 Å². The van der Waals surface area contributed by atoms with E-state index >= 15 is 0 Å². The minimum absolute atomic E-state index is 0.0842. The maximum Gasteiger partial charge on any atom is 0.252 e. The predicted molar refractivity (Wildman–Crippen MR) is 131 cm³/mol. The van der Waals surface area contributed by atoms with Gasteiger partial charge in [0.1, 0.15) is 18.1 Å². The number of aliphatic hydroxyl groups excluding tert-OH is 1. The number of carbonyl (C=O) groups excluding carboxylic acids is 4. The molecule has 3 rings (SSSR count). The number of hydrogen-bond acceptors (Lipinski definition) is 5. The Morgan fingerprint density at radius 1 is 0.886 bits per heavy atom. The van der Waals surface area contributed by atoms with E-state index in [4.69, 9.17) is 0 Å². The van der Waals surface area contributed by atoms with Crippen molar-refractivity contribution in [1.29, 1.82) is 0 Å². The van der Waals surface area contributed by atoms with Crippen LogP contribution in [0.5, 0.6) is 0 Å². The van der Waals surface area contributed by atoms with E-state index in [1.165, 1.54) is 6.92 Å². The fourth-order valence-electron chi connectivity index (χ4n) is 3.99. The summed E-state index contributed by atoms with van der Waals surface area (Å²) in [4.78, 5) is 54.4. The molecule has 4 atom stereocenters. The summed E-state index contributed by atoms with van der Waals surface area (Å²) >= 11 is 0. The number of imide groups is 1. The standard InChI is InChI=1S/C27H33N3O5/c1-17(2)23(31)16-24(32)30-22(15-20-12-8-5-9-13-20)26(34)28-18(3)25(33)29-21(27(30)35)14-19-10-6-4-7-11-19/h4-13,17-18,21-23,31H,14-16H2,1-3H3,(H,28,34)(H,29,33)/t18-,21-,22-,23+/m1/s1. The smallest absolute Gasteiger partial charge is 0.252 e. The van der Waals surface area contributed by atoms with E-state index in [2.05, 4.69) is 10.6 Å². The molecule has 1 aliphatic rings. The Morgan fingerprint density at radius 3 is 1.97 bits per heavy atom. The first-order valence-corrected chi connectivity index (χ1v) is 11.9. The van der Waals surface area contributed by atoms with Crippen molar-refractivity contribution >= 4 is 23.6 Å². The van der Waals surface area contributed by atoms with Gasteiger partial charge in [0.05, 0.1) is 12.5 Å². The fourth-order valence-corrected chi connectivity index (χ4v) is 3.99. The van der Waals surface area contributed by atoms with Crippen LogP contribution in [0.15, 0.2) is 60.7 Å². The van der Waals surface area contributed by atoms with E-state index in [9.17, 15) is 24.3 Å². The van der Waals surface area contributed by atoms with Gasteiger partial charge in [-0.15, -0.1) is 0 Å². The lowest BCUT2D eigenvalue weighted by Crippen LogP contribution is -2.57. The molecule has 1 aliphatic heterocycles. The molecule has 0 saturated carbocycles. The van der Waals surface area contributed by atoms with Crippen LogP contribution < -0.4 is 10.6 Å². The van der Waals surface area contributed by atoms with Crippen LogP contribution in [0.2, 0.25) is 0 Å². The highest BCUT2D eigenvalue weighted by Gasteiger charge is 2.41. The molecule has 8 nitrogen and oxygen atoms in total. The molecule has 0 aliphatic carbocycles. The summed E-state index contributed by atoms with van der Waals surface area (Å²) < 4.78 is 0. The van der Waals surface area contributed by atoms with Crippen molar-refractivity contribution in [1.82, 2.24) is 15.5 Å². The molecule has 0 bridgehead atoms. The van der Waals surface area contributed by atoms with E-state index < -0.39 is 47.9 Å². The van der Waals surface area contributed by atoms with Crippen molar-refractivity contribution in [2.45, 2.75) is 64.3 Å². The molecule has 0 aromatic heterocycles. The van der Waals surface area contributed by atoms with Crippen LogP contribution in [0.1, 0.15) is 38.3 Å². The zero-order valence-electron chi connectivity index (χ0n) is 20.3. The fraction of sp³-hybridized carbons (Fsp3) is 0.407. The second kappa shape index (κ2) is 11.8. The van der Waals surface area contributed by atoms with E-state index in [0.29, 0.717) is 0 Å². The van der Waals surface area contributed by atoms with Crippen LogP contribution in [0.25, 0.3) is 0 Å². The molecule has 3 N–H and O–H groups in total. The third-order valence-electron chi connectivity index (χ3n) is 6.19. The van der Waals surface area contributed by atoms with Crippen LogP contribution in [0, 0.1) is 5.92 Å². The van der Waals surface area contributed by atoms with Gasteiger partial charge < -0.3 is 15.7 Å². The number of hydrogen-bond donors (Lipinski definition) is 3. The van der Waals surface area contributed by atoms with Crippen molar-refractivity contribution in [2.75, 3.05) is 0 Å². The number of nitrogens with one attached hydrogen (secondary N) is 2. The first-order chi connectivity index (χ1) is 16.7. The summed E-state index contributed by atoms with van der Waals surface area (Å²) in [5.74, 6) is -2.66. The summed E-state index contributed by atoms with van der Waals surface area (Å²) in [7, 11) is 0. The normalized spacial score (nSPS) is 22.0. The molecule has 8 heteroatoms. The first-order valence-electron chi connectivity index (χ1n) is 11.9. The lowest BCUT2D eigenvalue weighted by molar-refractivity contribution is -0.154. The summed E-state index contributed by atoms with van der Waals surface area (Å²) in [6.07, 6.45) is -1.06. The van der Waals surface area contributed by atoms with Gasteiger partial charge in [-0.2, -0.15) is 0 Å². The SMILES string of the molecule is CC(C)[C@@H](O)CC(=O)N1C(=O)[C@@H](Cc2ccccc2)NC(=O)[C@@H](C)NC(=O)[C@H]1Cc1ccccc1. The van der Waals surface area contributed by atoms with Crippen LogP contribution in [-0.2, 0) is 32.0 Å². The first kappa shape index (κ1) is 26.1. The Morgan fingerprint density at radius 2 is 1.43 bits per heavy atom. The Hall–Kier alpha value is -3.52. The van der Waals surface area contributed by atoms with E-state index in [0.717, 1.165) is 16.0 Å². The summed E-state index contributed by atoms with van der Waals surface area (Å²) in [6.45, 7) is 5.08. The van der Waals surface area contributed by atoms with Crippen molar-refractivity contribution < 1.29 is 24.3 Å². The Bertz CT molecular complexity index is 1040. The Balaban J connectivity index is 2.05. The van der Waals surface area contributed by atoms with Gasteiger partial charge in [-0.3, -0.25) is 24.1 Å². The lowest BCUT2D eigenvalue weighted by atomic mass is 9.98. The van der Waals surface area contributed by atoms with Gasteiger partial charge in [-0.1, -0.05) is 74.5 Å². The van der Waals surface area contributed by atoms with Crippen LogP contribution >= 0.6 is 0 Å². The van der Waals surface area contributed by atoms with E-state index in [1.54, 1.807) is 13.8 Å². The predicted octanol–water partition coefficient (Wildman–Crippen LogP) is 1.61. The second-order valence-electron chi connectivity index (χ2n) is 9.30. The Labute approximate surface area is 205 Å². The summed E-state index contributed by atoms with van der Waals surface area (Å²) in [6, 6.07) is 15.1. The van der Waals surface area contributed by atoms with Crippen LogP contribution in [0.3, 0.4) is 0 Å². The molecule has 2 aromatic carbocycles. The van der Waals surface area contributed by atoms with Crippen molar-refractivity contribution in [2.24, 2.45) is 5.92 Å². The van der Waals surface area contributed by atoms with Crippen LogP contribution in [-0.4, -0.2) is 57.9 Å². The molecule has 2 aromatic rings. The van der Waals surface area contributed by atoms with Gasteiger partial charge in [-0.25, -0.2) is 0 Å². The second-order valence-corrected chi connectivity index (χ2v) is 9.30. The zero-order chi connectivity index (χ0) is 25.5. The van der Waals surface area contributed by atoms with Gasteiger partial charge >= 0.3 is 0 Å². The number of rotatable bonds is 7. The Kier molecular flexibility index (Phi) is 8.76. The lowest BCUT2D eigenvalue weighted by Gasteiger charge is -2.32. The summed E-state index contributed by atoms with van der Waals surface area (Å²) in [5.41, 5.74) is 1.56. The molecule has 35 heavy (non-hydrogen) atoms. The number of aliphatic hydroxyl groups is 1. The van der Waals surface area contributed by atoms with Crippen molar-refractivity contribution in [3.05, 3.63) is 71.8 Å². The van der Waals surface area contributed by atoms with Gasteiger partial charge in [0.2, 0.25) is 17.7 Å². The molecule has 1 heterocycles. The average Bonchev–Trinajstić information content (AvgIpc) is 2.86. The highest BCUT2D eigenvalue weighted by atomic mass is 16.3. The van der Waals surface area contributed by atoms with E-state index in [1.807, 2.05) is 60.7 Å². The molecule has 1 fully saturated rings. The molecule has 4 amide bonds. The minimum atomic E-state index is -1.18. The highest BCUT2D eigenvalue weighted by Crippen LogP contribution is 2.19. The third kappa shape index (κ3) is 6.76. The molecule has 0 unspecified atom stereocenters. The third-order valence-corrected chi connectivity index (χ3v) is 6.19. The molecular formula is C27H33N3O5. The zero-order valence-corrected chi connectivity index (χ0v) is 20.3. The topological polar surface area (TPSA) is 116 Å². The van der Waals surface area contributed by atoms with Gasteiger partial charge in [-0.05, 0) is 24.0 Å². The summed E-state index contributed by atoms with van der Waals surface area (Å²) in [5, 5.41) is 15.8.